The quantitative estimate of drug-likeness (QED) is 0.228. The highest BCUT2D eigenvalue weighted by molar-refractivity contribution is 6.39. The summed E-state index contributed by atoms with van der Waals surface area (Å²) in [5, 5.41) is 3.13. The number of rotatable bonds is 9. The highest BCUT2D eigenvalue weighted by Gasteiger charge is 2.29. The first-order chi connectivity index (χ1) is 22.9. The number of pyridine rings is 1. The molecule has 2 amide bonds. The molecule has 0 aliphatic carbocycles. The summed E-state index contributed by atoms with van der Waals surface area (Å²) in [6, 6.07) is 18.8. The van der Waals surface area contributed by atoms with Gasteiger partial charge in [0.1, 0.15) is 17.4 Å². The molecule has 2 fully saturated rings. The van der Waals surface area contributed by atoms with Crippen LogP contribution in [0.2, 0.25) is 0 Å². The third-order valence-electron chi connectivity index (χ3n) is 8.75. The molecule has 1 aromatic heterocycles. The number of aromatic nitrogens is 1. The van der Waals surface area contributed by atoms with E-state index in [4.69, 9.17) is 18.9 Å². The van der Waals surface area contributed by atoms with Crippen LogP contribution < -0.4 is 19.5 Å². The second-order valence-electron chi connectivity index (χ2n) is 11.7. The lowest BCUT2D eigenvalue weighted by molar-refractivity contribution is -0.148. The zero-order chi connectivity index (χ0) is 32.8. The maximum Gasteiger partial charge on any atom is 0.313 e. The van der Waals surface area contributed by atoms with Crippen LogP contribution in [-0.2, 0) is 14.3 Å². The van der Waals surface area contributed by atoms with Crippen molar-refractivity contribution in [1.82, 2.24) is 14.8 Å². The zero-order valence-corrected chi connectivity index (χ0v) is 26.6. The number of halogens is 1. The van der Waals surface area contributed by atoms with E-state index >= 15 is 4.39 Å². The Hall–Kier alpha value is -4.74. The fourth-order valence-electron chi connectivity index (χ4n) is 6.04. The first-order valence-corrected chi connectivity index (χ1v) is 16.0. The molecule has 47 heavy (non-hydrogen) atoms. The number of morpholine rings is 1. The molecular weight excluding hydrogens is 603 g/mol. The van der Waals surface area contributed by atoms with Crippen LogP contribution in [0.15, 0.2) is 72.9 Å². The number of ether oxygens (including phenoxy) is 4. The number of piperidine rings is 1. The van der Waals surface area contributed by atoms with Gasteiger partial charge in [-0.15, -0.1) is 0 Å². The van der Waals surface area contributed by atoms with Crippen LogP contribution in [0.5, 0.6) is 23.0 Å². The molecule has 0 spiro atoms. The van der Waals surface area contributed by atoms with E-state index in [9.17, 15) is 9.59 Å². The lowest BCUT2D eigenvalue weighted by atomic mass is 9.98. The first-order valence-electron chi connectivity index (χ1n) is 16.0. The highest BCUT2D eigenvalue weighted by atomic mass is 19.1. The first kappa shape index (κ1) is 32.2. The van der Waals surface area contributed by atoms with E-state index in [1.807, 2.05) is 42.5 Å². The van der Waals surface area contributed by atoms with Gasteiger partial charge >= 0.3 is 11.8 Å². The zero-order valence-electron chi connectivity index (χ0n) is 26.6. The molecule has 1 unspecified atom stereocenters. The fourth-order valence-corrected chi connectivity index (χ4v) is 6.04. The molecular formula is C36H39FN4O6. The largest absolute Gasteiger partial charge is 0.491 e. The summed E-state index contributed by atoms with van der Waals surface area (Å²) in [6.45, 7) is 6.84. The number of benzene rings is 3. The average molecular weight is 643 g/mol. The van der Waals surface area contributed by atoms with Crippen LogP contribution >= 0.6 is 0 Å². The van der Waals surface area contributed by atoms with Crippen LogP contribution in [-0.4, -0.2) is 79.6 Å². The van der Waals surface area contributed by atoms with Crippen molar-refractivity contribution >= 4 is 28.4 Å². The summed E-state index contributed by atoms with van der Waals surface area (Å²) in [5.74, 6) is -0.413. The van der Waals surface area contributed by atoms with Crippen LogP contribution in [0.25, 0.3) is 10.9 Å². The number of methoxy groups -OCH3 is 1. The molecule has 11 heteroatoms. The van der Waals surface area contributed by atoms with Crippen molar-refractivity contribution in [1.29, 1.82) is 0 Å². The summed E-state index contributed by atoms with van der Waals surface area (Å²) in [7, 11) is 1.56. The number of carbonyl (C=O) groups excluding carboxylic acids is 2. The van der Waals surface area contributed by atoms with Crippen molar-refractivity contribution in [2.75, 3.05) is 58.4 Å². The lowest BCUT2D eigenvalue weighted by Crippen LogP contribution is -2.46. The third kappa shape index (κ3) is 7.47. The number of nitrogens with one attached hydrogen (secondary N) is 1. The van der Waals surface area contributed by atoms with E-state index in [0.29, 0.717) is 47.3 Å². The Morgan fingerprint density at radius 3 is 2.53 bits per heavy atom. The summed E-state index contributed by atoms with van der Waals surface area (Å²) < 4.78 is 38.9. The van der Waals surface area contributed by atoms with Crippen molar-refractivity contribution in [2.45, 2.75) is 25.9 Å². The number of anilines is 1. The van der Waals surface area contributed by atoms with Crippen LogP contribution in [0.4, 0.5) is 10.1 Å². The second-order valence-corrected chi connectivity index (χ2v) is 11.7. The van der Waals surface area contributed by atoms with Gasteiger partial charge in [-0.1, -0.05) is 37.3 Å². The Balaban J connectivity index is 1.10. The Kier molecular flexibility index (Phi) is 10.1. The Morgan fingerprint density at radius 1 is 1.00 bits per heavy atom. The Labute approximate surface area is 273 Å². The fraction of sp³-hybridized carbons (Fsp3) is 0.361. The number of nitrogens with zero attached hydrogens (tertiary/aromatic N) is 3. The predicted molar refractivity (Wildman–Crippen MR) is 175 cm³/mol. The molecule has 6 rings (SSSR count). The van der Waals surface area contributed by atoms with E-state index in [0.717, 1.165) is 44.1 Å². The van der Waals surface area contributed by atoms with Gasteiger partial charge in [0, 0.05) is 29.9 Å². The van der Waals surface area contributed by atoms with Gasteiger partial charge in [-0.05, 0) is 74.3 Å². The van der Waals surface area contributed by atoms with Gasteiger partial charge < -0.3 is 34.1 Å². The van der Waals surface area contributed by atoms with Crippen LogP contribution in [0.1, 0.15) is 31.4 Å². The molecule has 2 aliphatic rings. The summed E-state index contributed by atoms with van der Waals surface area (Å²) >= 11 is 0. The molecule has 0 radical (unpaired) electrons. The van der Waals surface area contributed by atoms with Crippen molar-refractivity contribution in [3.05, 3.63) is 84.3 Å². The third-order valence-corrected chi connectivity index (χ3v) is 8.75. The Morgan fingerprint density at radius 2 is 1.79 bits per heavy atom. The van der Waals surface area contributed by atoms with Crippen LogP contribution in [0, 0.1) is 11.7 Å². The molecule has 1 atom stereocenters. The van der Waals surface area contributed by atoms with Gasteiger partial charge in [-0.2, -0.15) is 0 Å². The van der Waals surface area contributed by atoms with Crippen LogP contribution in [0.3, 0.4) is 0 Å². The monoisotopic (exact) mass is 642 g/mol. The number of likely N-dealkylation sites (tertiary alicyclic amines) is 1. The maximum atomic E-state index is 15.3. The number of hydrogen-bond acceptors (Lipinski definition) is 8. The van der Waals surface area contributed by atoms with Gasteiger partial charge in [0.2, 0.25) is 0 Å². The second kappa shape index (κ2) is 14.8. The van der Waals surface area contributed by atoms with E-state index in [2.05, 4.69) is 22.1 Å². The minimum absolute atomic E-state index is 0.0570. The summed E-state index contributed by atoms with van der Waals surface area (Å²) in [6.07, 6.45) is 3.42. The van der Waals surface area contributed by atoms with Gasteiger partial charge in [-0.25, -0.2) is 4.39 Å². The number of amides is 2. The topological polar surface area (TPSA) is 102 Å². The molecule has 3 aromatic carbocycles. The summed E-state index contributed by atoms with van der Waals surface area (Å²) in [5.41, 5.74) is 1.59. The molecule has 2 saturated heterocycles. The van der Waals surface area contributed by atoms with Gasteiger partial charge in [-0.3, -0.25) is 14.6 Å². The van der Waals surface area contributed by atoms with E-state index in [-0.39, 0.29) is 30.6 Å². The van der Waals surface area contributed by atoms with E-state index < -0.39 is 17.6 Å². The van der Waals surface area contributed by atoms with Gasteiger partial charge in [0.15, 0.2) is 23.1 Å². The molecule has 4 aromatic rings. The minimum Gasteiger partial charge on any atom is -0.491 e. The smallest absolute Gasteiger partial charge is 0.313 e. The summed E-state index contributed by atoms with van der Waals surface area (Å²) in [4.78, 5) is 34.1. The standard InChI is InChI=1S/C36H39FN4O6/c1-3-40-17-14-24(15-18-40)23-46-31-12-10-27-29(13-16-38-33(27)34(31)44-2)47-30-11-9-26(21-28(30)37)39-35(42)36(43)41-19-20-45-32(22-41)25-7-5-4-6-8-25/h4-13,16,21,24,32H,3,14-15,17-20,22-23H2,1-2H3,(H,39,42). The molecule has 0 saturated carbocycles. The SMILES string of the molecule is CCN1CCC(COc2ccc3c(Oc4ccc(NC(=O)C(=O)N5CCOC(c6ccccc6)C5)cc4F)ccnc3c2OC)CC1. The predicted octanol–water partition coefficient (Wildman–Crippen LogP) is 5.82. The highest BCUT2D eigenvalue weighted by Crippen LogP contribution is 2.40. The molecule has 246 valence electrons. The Bertz CT molecular complexity index is 1710. The lowest BCUT2D eigenvalue weighted by Gasteiger charge is -2.32. The molecule has 0 bridgehead atoms. The number of fused-ring (bicyclic) bond motifs is 1. The van der Waals surface area contributed by atoms with Crippen molar-refractivity contribution in [3.8, 4) is 23.0 Å². The molecule has 2 aliphatic heterocycles. The molecule has 3 heterocycles. The van der Waals surface area contributed by atoms with E-state index in [1.54, 1.807) is 19.4 Å². The van der Waals surface area contributed by atoms with E-state index in [1.165, 1.54) is 17.0 Å². The molecule has 1 N–H and O–H groups in total. The van der Waals surface area contributed by atoms with Crippen molar-refractivity contribution in [2.24, 2.45) is 5.92 Å². The number of carbonyl (C=O) groups is 2. The maximum absolute atomic E-state index is 15.3. The van der Waals surface area contributed by atoms with Crippen molar-refractivity contribution < 1.29 is 32.9 Å². The van der Waals surface area contributed by atoms with Gasteiger partial charge in [0.25, 0.3) is 0 Å². The number of hydrogen-bond donors (Lipinski definition) is 1. The molecule has 10 nitrogen and oxygen atoms in total. The normalized spacial score (nSPS) is 17.3. The van der Waals surface area contributed by atoms with Gasteiger partial charge in [0.05, 0.1) is 26.9 Å². The average Bonchev–Trinajstić information content (AvgIpc) is 3.12. The van der Waals surface area contributed by atoms with Crippen molar-refractivity contribution in [3.63, 3.8) is 0 Å². The minimum atomic E-state index is -0.858.